The van der Waals surface area contributed by atoms with E-state index >= 15 is 0 Å². The molecule has 1 N–H and O–H groups in total. The quantitative estimate of drug-likeness (QED) is 0.921. The number of hydrogen-bond acceptors (Lipinski definition) is 4. The second-order valence-corrected chi connectivity index (χ2v) is 5.15. The third-order valence-corrected chi connectivity index (χ3v) is 3.73. The molecule has 1 aliphatic heterocycles. The maximum absolute atomic E-state index is 12.4. The maximum Gasteiger partial charge on any atom is 0.387 e. The SMILES string of the molecule is FC(F)Oc1cccc([C@H](c2ccco2)N2CCNCC2)c1. The van der Waals surface area contributed by atoms with Crippen molar-refractivity contribution in [2.75, 3.05) is 26.2 Å². The molecule has 118 valence electrons. The van der Waals surface area contributed by atoms with Gasteiger partial charge in [0.1, 0.15) is 11.5 Å². The molecule has 22 heavy (non-hydrogen) atoms. The summed E-state index contributed by atoms with van der Waals surface area (Å²) in [7, 11) is 0. The van der Waals surface area contributed by atoms with Gasteiger partial charge in [-0.05, 0) is 29.8 Å². The number of rotatable bonds is 5. The van der Waals surface area contributed by atoms with Crippen molar-refractivity contribution in [3.05, 3.63) is 54.0 Å². The Morgan fingerprint density at radius 1 is 1.14 bits per heavy atom. The summed E-state index contributed by atoms with van der Waals surface area (Å²) in [5.41, 5.74) is 0.884. The van der Waals surface area contributed by atoms with Gasteiger partial charge in [0.2, 0.25) is 0 Å². The molecule has 0 saturated carbocycles. The van der Waals surface area contributed by atoms with Gasteiger partial charge in [-0.2, -0.15) is 8.78 Å². The first-order valence-corrected chi connectivity index (χ1v) is 7.27. The number of benzene rings is 1. The number of piperazine rings is 1. The standard InChI is InChI=1S/C16H18F2N2O2/c17-16(18)22-13-4-1-3-12(11-13)15(14-5-2-10-21-14)20-8-6-19-7-9-20/h1-5,10-11,15-16,19H,6-9H2/t15-/m1/s1. The van der Waals surface area contributed by atoms with E-state index in [1.807, 2.05) is 18.2 Å². The zero-order chi connectivity index (χ0) is 15.4. The van der Waals surface area contributed by atoms with Crippen LogP contribution in [0.1, 0.15) is 17.4 Å². The first-order valence-electron chi connectivity index (χ1n) is 7.27. The van der Waals surface area contributed by atoms with E-state index in [9.17, 15) is 8.78 Å². The molecule has 0 aliphatic carbocycles. The maximum atomic E-state index is 12.4. The summed E-state index contributed by atoms with van der Waals surface area (Å²) in [6.07, 6.45) is 1.63. The smallest absolute Gasteiger partial charge is 0.387 e. The molecule has 2 heterocycles. The first kappa shape index (κ1) is 15.0. The van der Waals surface area contributed by atoms with Gasteiger partial charge in [0, 0.05) is 26.2 Å². The Morgan fingerprint density at radius 2 is 1.95 bits per heavy atom. The minimum absolute atomic E-state index is 0.0988. The van der Waals surface area contributed by atoms with Crippen LogP contribution in [0.15, 0.2) is 47.1 Å². The number of halogens is 2. The van der Waals surface area contributed by atoms with Crippen LogP contribution in [0, 0.1) is 0 Å². The van der Waals surface area contributed by atoms with Crippen LogP contribution in [-0.2, 0) is 0 Å². The van der Waals surface area contributed by atoms with Crippen molar-refractivity contribution in [1.29, 1.82) is 0 Å². The zero-order valence-corrected chi connectivity index (χ0v) is 12.0. The summed E-state index contributed by atoms with van der Waals surface area (Å²) in [6.45, 7) is 0.697. The summed E-state index contributed by atoms with van der Waals surface area (Å²) < 4.78 is 34.9. The van der Waals surface area contributed by atoms with E-state index in [0.29, 0.717) is 0 Å². The monoisotopic (exact) mass is 308 g/mol. The third-order valence-electron chi connectivity index (χ3n) is 3.73. The van der Waals surface area contributed by atoms with Crippen LogP contribution in [-0.4, -0.2) is 37.7 Å². The fourth-order valence-corrected chi connectivity index (χ4v) is 2.80. The van der Waals surface area contributed by atoms with E-state index in [4.69, 9.17) is 4.42 Å². The van der Waals surface area contributed by atoms with Crippen LogP contribution in [0.3, 0.4) is 0 Å². The first-order chi connectivity index (χ1) is 10.7. The van der Waals surface area contributed by atoms with Crippen molar-refractivity contribution in [3.8, 4) is 5.75 Å². The van der Waals surface area contributed by atoms with E-state index in [1.165, 1.54) is 6.07 Å². The van der Waals surface area contributed by atoms with Gasteiger partial charge < -0.3 is 14.5 Å². The fraction of sp³-hybridized carbons (Fsp3) is 0.375. The highest BCUT2D eigenvalue weighted by Gasteiger charge is 2.26. The molecular weight excluding hydrogens is 290 g/mol. The molecule has 1 aromatic heterocycles. The Labute approximate surface area is 127 Å². The number of ether oxygens (including phenoxy) is 1. The fourth-order valence-electron chi connectivity index (χ4n) is 2.80. The van der Waals surface area contributed by atoms with Gasteiger partial charge >= 0.3 is 6.61 Å². The second kappa shape index (κ2) is 6.89. The Balaban J connectivity index is 1.91. The van der Waals surface area contributed by atoms with Crippen molar-refractivity contribution in [1.82, 2.24) is 10.2 Å². The molecule has 0 radical (unpaired) electrons. The molecule has 6 heteroatoms. The molecule has 1 fully saturated rings. The molecule has 1 aliphatic rings. The van der Waals surface area contributed by atoms with Crippen molar-refractivity contribution in [2.45, 2.75) is 12.7 Å². The second-order valence-electron chi connectivity index (χ2n) is 5.15. The molecular formula is C16H18F2N2O2. The topological polar surface area (TPSA) is 37.6 Å². The lowest BCUT2D eigenvalue weighted by atomic mass is 10.0. The number of alkyl halides is 2. The molecule has 2 aromatic rings. The Hall–Kier alpha value is -1.92. The van der Waals surface area contributed by atoms with E-state index in [1.54, 1.807) is 18.4 Å². The Bertz CT molecular complexity index is 584. The average molecular weight is 308 g/mol. The predicted molar refractivity (Wildman–Crippen MR) is 78.1 cm³/mol. The molecule has 1 aromatic carbocycles. The highest BCUT2D eigenvalue weighted by molar-refractivity contribution is 5.34. The molecule has 3 rings (SSSR count). The van der Waals surface area contributed by atoms with Crippen molar-refractivity contribution < 1.29 is 17.9 Å². The van der Waals surface area contributed by atoms with Gasteiger partial charge in [-0.25, -0.2) is 0 Å². The van der Waals surface area contributed by atoms with Crippen LogP contribution in [0.25, 0.3) is 0 Å². The summed E-state index contributed by atoms with van der Waals surface area (Å²) in [5.74, 6) is 0.968. The van der Waals surface area contributed by atoms with Gasteiger partial charge in [-0.15, -0.1) is 0 Å². The summed E-state index contributed by atoms with van der Waals surface area (Å²) in [4.78, 5) is 2.27. The molecule has 4 nitrogen and oxygen atoms in total. The van der Waals surface area contributed by atoms with Crippen LogP contribution < -0.4 is 10.1 Å². The Morgan fingerprint density at radius 3 is 2.64 bits per heavy atom. The minimum atomic E-state index is -2.82. The lowest BCUT2D eigenvalue weighted by Crippen LogP contribution is -2.45. The molecule has 0 amide bonds. The van der Waals surface area contributed by atoms with Crippen molar-refractivity contribution in [3.63, 3.8) is 0 Å². The van der Waals surface area contributed by atoms with Crippen LogP contribution in [0.2, 0.25) is 0 Å². The number of furan rings is 1. The largest absolute Gasteiger partial charge is 0.467 e. The average Bonchev–Trinajstić information content (AvgIpc) is 3.02. The van der Waals surface area contributed by atoms with Crippen LogP contribution >= 0.6 is 0 Å². The molecule has 1 saturated heterocycles. The molecule has 0 spiro atoms. The normalized spacial score (nSPS) is 17.6. The van der Waals surface area contributed by atoms with Crippen molar-refractivity contribution in [2.24, 2.45) is 0 Å². The van der Waals surface area contributed by atoms with Gasteiger partial charge in [0.05, 0.1) is 12.3 Å². The van der Waals surface area contributed by atoms with Gasteiger partial charge in [-0.3, -0.25) is 4.90 Å². The predicted octanol–water partition coefficient (Wildman–Crippen LogP) is 2.88. The summed E-state index contributed by atoms with van der Waals surface area (Å²) in [6, 6.07) is 10.5. The van der Waals surface area contributed by atoms with Crippen LogP contribution in [0.5, 0.6) is 5.75 Å². The summed E-state index contributed by atoms with van der Waals surface area (Å²) >= 11 is 0. The third kappa shape index (κ3) is 3.45. The molecule has 0 bridgehead atoms. The highest BCUT2D eigenvalue weighted by Crippen LogP contribution is 2.31. The number of nitrogens with zero attached hydrogens (tertiary/aromatic N) is 1. The van der Waals surface area contributed by atoms with E-state index in [0.717, 1.165) is 37.5 Å². The molecule has 0 unspecified atom stereocenters. The minimum Gasteiger partial charge on any atom is -0.467 e. The Kier molecular flexibility index (Phi) is 4.70. The van der Waals surface area contributed by atoms with Gasteiger partial charge in [0.25, 0.3) is 0 Å². The van der Waals surface area contributed by atoms with Crippen LogP contribution in [0.4, 0.5) is 8.78 Å². The highest BCUT2D eigenvalue weighted by atomic mass is 19.3. The van der Waals surface area contributed by atoms with Crippen molar-refractivity contribution >= 4 is 0 Å². The number of hydrogen-bond donors (Lipinski definition) is 1. The molecule has 1 atom stereocenters. The lowest BCUT2D eigenvalue weighted by Gasteiger charge is -2.34. The van der Waals surface area contributed by atoms with E-state index in [2.05, 4.69) is 15.0 Å². The van der Waals surface area contributed by atoms with Gasteiger partial charge in [-0.1, -0.05) is 12.1 Å². The zero-order valence-electron chi connectivity index (χ0n) is 12.0. The lowest BCUT2D eigenvalue weighted by molar-refractivity contribution is -0.0499. The number of nitrogens with one attached hydrogen (secondary N) is 1. The van der Waals surface area contributed by atoms with Gasteiger partial charge in [0.15, 0.2) is 0 Å². The van der Waals surface area contributed by atoms with E-state index < -0.39 is 6.61 Å². The summed E-state index contributed by atoms with van der Waals surface area (Å²) in [5, 5.41) is 3.31. The van der Waals surface area contributed by atoms with E-state index in [-0.39, 0.29) is 11.8 Å².